The minimum absolute atomic E-state index is 0.122. The number of benzene rings is 2. The molecule has 0 amide bonds. The average Bonchev–Trinajstić information content (AvgIpc) is 2.52. The van der Waals surface area contributed by atoms with Gasteiger partial charge in [0.1, 0.15) is 6.61 Å². The highest BCUT2D eigenvalue weighted by molar-refractivity contribution is 6.02. The van der Waals surface area contributed by atoms with Crippen LogP contribution in [0.1, 0.15) is 36.6 Å². The Morgan fingerprint density at radius 3 is 2.14 bits per heavy atom. The Hall–Kier alpha value is -3.15. The number of carboxylic acids is 2. The van der Waals surface area contributed by atoms with Crippen molar-refractivity contribution in [2.45, 2.75) is 6.61 Å². The van der Waals surface area contributed by atoms with E-state index in [9.17, 15) is 19.5 Å². The van der Waals surface area contributed by atoms with E-state index in [2.05, 4.69) is 0 Å². The van der Waals surface area contributed by atoms with E-state index in [1.165, 1.54) is 18.2 Å². The molecule has 2 N–H and O–H groups in total. The molecule has 0 aromatic heterocycles. The summed E-state index contributed by atoms with van der Waals surface area (Å²) in [5.41, 5.74) is -0.276. The second kappa shape index (κ2) is 6.53. The summed E-state index contributed by atoms with van der Waals surface area (Å²) in [7, 11) is 0. The number of hydrogen-bond donors (Lipinski definition) is 2. The SMILES string of the molecule is O=C(OCc1cccc(C(=O)O)c1C(=O)O)c1ccccc1. The first-order chi connectivity index (χ1) is 10.5. The predicted molar refractivity (Wildman–Crippen MR) is 75.9 cm³/mol. The Morgan fingerprint density at radius 1 is 0.864 bits per heavy atom. The lowest BCUT2D eigenvalue weighted by Gasteiger charge is -2.10. The van der Waals surface area contributed by atoms with E-state index in [0.717, 1.165) is 0 Å². The van der Waals surface area contributed by atoms with E-state index in [1.807, 2.05) is 0 Å². The monoisotopic (exact) mass is 300 g/mol. The summed E-state index contributed by atoms with van der Waals surface area (Å²) < 4.78 is 5.04. The van der Waals surface area contributed by atoms with E-state index in [4.69, 9.17) is 9.84 Å². The minimum Gasteiger partial charge on any atom is -0.478 e. The maximum absolute atomic E-state index is 11.8. The van der Waals surface area contributed by atoms with E-state index >= 15 is 0 Å². The lowest BCUT2D eigenvalue weighted by atomic mass is 10.0. The molecule has 0 saturated heterocycles. The van der Waals surface area contributed by atoms with Crippen LogP contribution in [-0.4, -0.2) is 28.1 Å². The van der Waals surface area contributed by atoms with Crippen molar-refractivity contribution in [3.05, 3.63) is 70.8 Å². The molecule has 0 unspecified atom stereocenters. The second-order valence-electron chi connectivity index (χ2n) is 4.39. The average molecular weight is 300 g/mol. The summed E-state index contributed by atoms with van der Waals surface area (Å²) in [4.78, 5) is 34.2. The molecule has 0 atom stereocenters. The predicted octanol–water partition coefficient (Wildman–Crippen LogP) is 2.44. The summed E-state index contributed by atoms with van der Waals surface area (Å²) in [5, 5.41) is 18.2. The highest BCUT2D eigenvalue weighted by Gasteiger charge is 2.20. The van der Waals surface area contributed by atoms with Crippen molar-refractivity contribution >= 4 is 17.9 Å². The molecule has 0 aliphatic rings. The number of esters is 1. The van der Waals surface area contributed by atoms with Gasteiger partial charge in [0.05, 0.1) is 16.7 Å². The first-order valence-electron chi connectivity index (χ1n) is 6.31. The fourth-order valence-electron chi connectivity index (χ4n) is 1.95. The van der Waals surface area contributed by atoms with E-state index < -0.39 is 17.9 Å². The van der Waals surface area contributed by atoms with Crippen LogP contribution in [-0.2, 0) is 11.3 Å². The van der Waals surface area contributed by atoms with Crippen LogP contribution in [0, 0.1) is 0 Å². The Kier molecular flexibility index (Phi) is 4.53. The Balaban J connectivity index is 2.23. The van der Waals surface area contributed by atoms with Crippen LogP contribution in [0.15, 0.2) is 48.5 Å². The van der Waals surface area contributed by atoms with Crippen molar-refractivity contribution < 1.29 is 29.3 Å². The number of ether oxygens (including phenoxy) is 1. The summed E-state index contributed by atoms with van der Waals surface area (Å²) in [6.07, 6.45) is 0. The molecule has 2 aromatic rings. The van der Waals surface area contributed by atoms with Gasteiger partial charge in [0.25, 0.3) is 0 Å². The summed E-state index contributed by atoms with van der Waals surface area (Å²) >= 11 is 0. The van der Waals surface area contributed by atoms with Crippen LogP contribution in [0.4, 0.5) is 0 Å². The first-order valence-corrected chi connectivity index (χ1v) is 6.31. The van der Waals surface area contributed by atoms with Gasteiger partial charge in [-0.3, -0.25) is 0 Å². The highest BCUT2D eigenvalue weighted by atomic mass is 16.5. The van der Waals surface area contributed by atoms with E-state index in [0.29, 0.717) is 5.56 Å². The molecule has 0 radical (unpaired) electrons. The summed E-state index contributed by atoms with van der Waals surface area (Å²) in [6.45, 7) is -0.323. The van der Waals surface area contributed by atoms with Crippen molar-refractivity contribution in [1.29, 1.82) is 0 Å². The molecule has 0 saturated carbocycles. The molecular formula is C16H12O6. The third-order valence-corrected chi connectivity index (χ3v) is 2.96. The number of aromatic carboxylic acids is 2. The molecule has 2 rings (SSSR count). The zero-order valence-corrected chi connectivity index (χ0v) is 11.4. The van der Waals surface area contributed by atoms with Crippen molar-refractivity contribution in [2.75, 3.05) is 0 Å². The molecule has 22 heavy (non-hydrogen) atoms. The summed E-state index contributed by atoms with van der Waals surface area (Å²) in [5.74, 6) is -3.35. The molecule has 0 fully saturated rings. The number of carbonyl (C=O) groups excluding carboxylic acids is 1. The van der Waals surface area contributed by atoms with Gasteiger partial charge in [0, 0.05) is 5.56 Å². The molecule has 0 aliphatic heterocycles. The molecular weight excluding hydrogens is 288 g/mol. The van der Waals surface area contributed by atoms with Gasteiger partial charge in [0.2, 0.25) is 0 Å². The van der Waals surface area contributed by atoms with Gasteiger partial charge in [0.15, 0.2) is 0 Å². The lowest BCUT2D eigenvalue weighted by Crippen LogP contribution is -2.13. The molecule has 6 nitrogen and oxygen atoms in total. The summed E-state index contributed by atoms with van der Waals surface area (Å²) in [6, 6.07) is 12.2. The lowest BCUT2D eigenvalue weighted by molar-refractivity contribution is 0.0465. The van der Waals surface area contributed by atoms with Crippen molar-refractivity contribution in [3.8, 4) is 0 Å². The molecule has 0 aliphatic carbocycles. The second-order valence-corrected chi connectivity index (χ2v) is 4.39. The third-order valence-electron chi connectivity index (χ3n) is 2.96. The number of hydrogen-bond acceptors (Lipinski definition) is 4. The molecule has 0 bridgehead atoms. The van der Waals surface area contributed by atoms with Crippen LogP contribution in [0.3, 0.4) is 0 Å². The maximum atomic E-state index is 11.8. The standard InChI is InChI=1S/C16H12O6/c17-14(18)12-8-4-7-11(13(12)15(19)20)9-22-16(21)10-5-2-1-3-6-10/h1-8H,9H2,(H,17,18)(H,19,20). The van der Waals surface area contributed by atoms with Crippen molar-refractivity contribution in [1.82, 2.24) is 0 Å². The van der Waals surface area contributed by atoms with Gasteiger partial charge in [-0.1, -0.05) is 30.3 Å². The minimum atomic E-state index is -1.39. The first kappa shape index (κ1) is 15.2. The normalized spacial score (nSPS) is 10.0. The van der Waals surface area contributed by atoms with Crippen LogP contribution in [0.2, 0.25) is 0 Å². The van der Waals surface area contributed by atoms with Gasteiger partial charge in [-0.05, 0) is 18.2 Å². The fraction of sp³-hybridized carbons (Fsp3) is 0.0625. The van der Waals surface area contributed by atoms with Gasteiger partial charge in [-0.25, -0.2) is 14.4 Å². The zero-order valence-electron chi connectivity index (χ0n) is 11.4. The molecule has 0 spiro atoms. The van der Waals surface area contributed by atoms with Gasteiger partial charge >= 0.3 is 17.9 Å². The van der Waals surface area contributed by atoms with E-state index in [-0.39, 0.29) is 23.3 Å². The largest absolute Gasteiger partial charge is 0.478 e. The van der Waals surface area contributed by atoms with Gasteiger partial charge in [-0.2, -0.15) is 0 Å². The molecule has 6 heteroatoms. The number of rotatable bonds is 5. The fourth-order valence-corrected chi connectivity index (χ4v) is 1.95. The Morgan fingerprint density at radius 2 is 1.55 bits per heavy atom. The number of carboxylic acid groups (broad SMARTS) is 2. The topological polar surface area (TPSA) is 101 Å². The molecule has 112 valence electrons. The number of carbonyl (C=O) groups is 3. The zero-order chi connectivity index (χ0) is 16.1. The Labute approximate surface area is 125 Å². The quantitative estimate of drug-likeness (QED) is 0.822. The maximum Gasteiger partial charge on any atom is 0.338 e. The van der Waals surface area contributed by atoms with Crippen LogP contribution < -0.4 is 0 Å². The van der Waals surface area contributed by atoms with Crippen molar-refractivity contribution in [3.63, 3.8) is 0 Å². The van der Waals surface area contributed by atoms with Crippen LogP contribution >= 0.6 is 0 Å². The smallest absolute Gasteiger partial charge is 0.338 e. The van der Waals surface area contributed by atoms with E-state index in [1.54, 1.807) is 30.3 Å². The van der Waals surface area contributed by atoms with Gasteiger partial charge < -0.3 is 14.9 Å². The molecule has 2 aromatic carbocycles. The molecule has 0 heterocycles. The third kappa shape index (κ3) is 3.29. The highest BCUT2D eigenvalue weighted by Crippen LogP contribution is 2.17. The van der Waals surface area contributed by atoms with Crippen molar-refractivity contribution in [2.24, 2.45) is 0 Å². The van der Waals surface area contributed by atoms with Gasteiger partial charge in [-0.15, -0.1) is 0 Å². The Bertz CT molecular complexity index is 721. The van der Waals surface area contributed by atoms with Crippen LogP contribution in [0.5, 0.6) is 0 Å². The van der Waals surface area contributed by atoms with Crippen LogP contribution in [0.25, 0.3) is 0 Å².